The summed E-state index contributed by atoms with van der Waals surface area (Å²) < 4.78 is 13.8. The van der Waals surface area contributed by atoms with Crippen molar-refractivity contribution in [3.8, 4) is 0 Å². The third-order valence-electron chi connectivity index (χ3n) is 3.31. The highest BCUT2D eigenvalue weighted by Crippen LogP contribution is 2.29. The van der Waals surface area contributed by atoms with Crippen LogP contribution in [0.3, 0.4) is 0 Å². The maximum absolute atomic E-state index is 13.8. The van der Waals surface area contributed by atoms with Gasteiger partial charge in [-0.05, 0) is 24.3 Å². The second-order valence-corrected chi connectivity index (χ2v) is 5.81. The molecule has 126 valence electrons. The Morgan fingerprint density at radius 1 is 1.12 bits per heavy atom. The van der Waals surface area contributed by atoms with E-state index in [4.69, 9.17) is 23.2 Å². The van der Waals surface area contributed by atoms with Crippen LogP contribution < -0.4 is 10.2 Å². The van der Waals surface area contributed by atoms with Gasteiger partial charge in [-0.1, -0.05) is 41.4 Å². The van der Waals surface area contributed by atoms with Gasteiger partial charge in [0.25, 0.3) is 0 Å². The Morgan fingerprint density at radius 3 is 2.50 bits per heavy atom. The van der Waals surface area contributed by atoms with Crippen molar-refractivity contribution in [1.82, 2.24) is 0 Å². The number of nitrogens with zero attached hydrogens (tertiary/aromatic N) is 1. The highest BCUT2D eigenvalue weighted by Gasteiger charge is 2.17. The Kier molecular flexibility index (Phi) is 6.17. The van der Waals surface area contributed by atoms with Crippen LogP contribution in [0.15, 0.2) is 42.5 Å². The van der Waals surface area contributed by atoms with E-state index in [1.54, 1.807) is 24.3 Å². The minimum atomic E-state index is -0.522. The first-order chi connectivity index (χ1) is 11.4. The summed E-state index contributed by atoms with van der Waals surface area (Å²) >= 11 is 11.9. The molecule has 2 amide bonds. The van der Waals surface area contributed by atoms with Crippen molar-refractivity contribution in [2.24, 2.45) is 0 Å². The van der Waals surface area contributed by atoms with Crippen LogP contribution in [0.5, 0.6) is 0 Å². The molecule has 4 nitrogen and oxygen atoms in total. The number of amides is 2. The average molecular weight is 369 g/mol. The number of benzene rings is 2. The predicted molar refractivity (Wildman–Crippen MR) is 94.1 cm³/mol. The van der Waals surface area contributed by atoms with Gasteiger partial charge in [0, 0.05) is 19.9 Å². The van der Waals surface area contributed by atoms with Crippen LogP contribution in [-0.2, 0) is 9.59 Å². The van der Waals surface area contributed by atoms with E-state index < -0.39 is 5.82 Å². The molecular weight excluding hydrogens is 354 g/mol. The van der Waals surface area contributed by atoms with Gasteiger partial charge in [0.1, 0.15) is 5.82 Å². The van der Waals surface area contributed by atoms with Gasteiger partial charge < -0.3 is 10.2 Å². The molecule has 0 radical (unpaired) electrons. The molecule has 0 atom stereocenters. The molecule has 2 rings (SSSR count). The van der Waals surface area contributed by atoms with Crippen LogP contribution in [0, 0.1) is 5.82 Å². The van der Waals surface area contributed by atoms with E-state index in [-0.39, 0.29) is 35.5 Å². The lowest BCUT2D eigenvalue weighted by Gasteiger charge is -2.21. The highest BCUT2D eigenvalue weighted by atomic mass is 35.5. The van der Waals surface area contributed by atoms with Crippen LogP contribution >= 0.6 is 23.2 Å². The highest BCUT2D eigenvalue weighted by molar-refractivity contribution is 6.43. The molecule has 1 N–H and O–H groups in total. The summed E-state index contributed by atoms with van der Waals surface area (Å²) in [5.41, 5.74) is 0.521. The number of anilines is 2. The van der Waals surface area contributed by atoms with Crippen LogP contribution in [0.4, 0.5) is 15.8 Å². The molecule has 24 heavy (non-hydrogen) atoms. The molecule has 2 aromatic rings. The van der Waals surface area contributed by atoms with Gasteiger partial charge in [-0.15, -0.1) is 0 Å². The van der Waals surface area contributed by atoms with Crippen molar-refractivity contribution in [1.29, 1.82) is 0 Å². The summed E-state index contributed by atoms with van der Waals surface area (Å²) in [4.78, 5) is 25.0. The van der Waals surface area contributed by atoms with Crippen molar-refractivity contribution < 1.29 is 14.0 Å². The smallest absolute Gasteiger partial charge is 0.226 e. The molecule has 0 fully saturated rings. The van der Waals surface area contributed by atoms with Crippen LogP contribution in [0.25, 0.3) is 0 Å². The molecule has 7 heteroatoms. The average Bonchev–Trinajstić information content (AvgIpc) is 2.53. The molecule has 0 saturated heterocycles. The van der Waals surface area contributed by atoms with Crippen molar-refractivity contribution in [3.05, 3.63) is 58.3 Å². The van der Waals surface area contributed by atoms with Gasteiger partial charge in [-0.25, -0.2) is 4.39 Å². The van der Waals surface area contributed by atoms with Crippen LogP contribution in [-0.4, -0.2) is 18.4 Å². The topological polar surface area (TPSA) is 49.4 Å². The van der Waals surface area contributed by atoms with Gasteiger partial charge in [-0.2, -0.15) is 0 Å². The fraction of sp³-hybridized carbons (Fsp3) is 0.176. The Balaban J connectivity index is 2.05. The number of nitrogens with one attached hydrogen (secondary N) is 1. The zero-order valence-electron chi connectivity index (χ0n) is 12.9. The third kappa shape index (κ3) is 4.46. The first-order valence-corrected chi connectivity index (χ1v) is 7.92. The molecule has 2 aromatic carbocycles. The number of rotatable bonds is 5. The molecule has 0 unspecified atom stereocenters. The minimum absolute atomic E-state index is 0.0171. The van der Waals surface area contributed by atoms with E-state index in [9.17, 15) is 14.0 Å². The van der Waals surface area contributed by atoms with E-state index in [1.807, 2.05) is 0 Å². The molecule has 0 aliphatic heterocycles. The molecule has 0 spiro atoms. The lowest BCUT2D eigenvalue weighted by atomic mass is 10.2. The van der Waals surface area contributed by atoms with E-state index >= 15 is 0 Å². The minimum Gasteiger partial charge on any atom is -0.325 e. The summed E-state index contributed by atoms with van der Waals surface area (Å²) in [5, 5.41) is 3.19. The SMILES string of the molecule is CC(=O)N(CCC(=O)Nc1cccc(Cl)c1Cl)c1ccccc1F. The Bertz CT molecular complexity index is 768. The largest absolute Gasteiger partial charge is 0.325 e. The van der Waals surface area contributed by atoms with Crippen LogP contribution in [0.1, 0.15) is 13.3 Å². The molecular formula is C17H15Cl2FN2O2. The van der Waals surface area contributed by atoms with Crippen molar-refractivity contribution in [3.63, 3.8) is 0 Å². The summed E-state index contributed by atoms with van der Waals surface area (Å²) in [6.45, 7) is 1.36. The van der Waals surface area contributed by atoms with Crippen molar-refractivity contribution >= 4 is 46.4 Å². The second-order valence-electron chi connectivity index (χ2n) is 5.02. The molecule has 0 aromatic heterocycles. The Labute approximate surface area is 149 Å². The number of para-hydroxylation sites is 1. The van der Waals surface area contributed by atoms with E-state index in [0.29, 0.717) is 10.7 Å². The lowest BCUT2D eigenvalue weighted by Crippen LogP contribution is -2.32. The Morgan fingerprint density at radius 2 is 1.83 bits per heavy atom. The van der Waals surface area contributed by atoms with Crippen molar-refractivity contribution in [2.75, 3.05) is 16.8 Å². The van der Waals surface area contributed by atoms with Gasteiger partial charge in [-0.3, -0.25) is 9.59 Å². The molecule has 0 bridgehead atoms. The van der Waals surface area contributed by atoms with Gasteiger partial charge in [0.05, 0.1) is 21.4 Å². The molecule has 0 saturated carbocycles. The first kappa shape index (κ1) is 18.2. The zero-order valence-corrected chi connectivity index (χ0v) is 14.4. The standard InChI is InChI=1S/C17H15Cl2FN2O2/c1-11(23)22(15-8-3-2-6-13(15)20)10-9-16(24)21-14-7-4-5-12(18)17(14)19/h2-8H,9-10H2,1H3,(H,21,24). The predicted octanol–water partition coefficient (Wildman–Crippen LogP) is 4.51. The summed E-state index contributed by atoms with van der Waals surface area (Å²) in [6, 6.07) is 10.8. The zero-order chi connectivity index (χ0) is 17.7. The molecule has 0 aliphatic carbocycles. The number of hydrogen-bond acceptors (Lipinski definition) is 2. The lowest BCUT2D eigenvalue weighted by molar-refractivity contribution is -0.117. The monoisotopic (exact) mass is 368 g/mol. The van der Waals surface area contributed by atoms with E-state index in [0.717, 1.165) is 0 Å². The van der Waals surface area contributed by atoms with E-state index in [1.165, 1.54) is 30.0 Å². The number of carbonyl (C=O) groups excluding carboxylic acids is 2. The van der Waals surface area contributed by atoms with Crippen molar-refractivity contribution in [2.45, 2.75) is 13.3 Å². The summed E-state index contributed by atoms with van der Waals surface area (Å²) in [6.07, 6.45) is -0.0171. The fourth-order valence-corrected chi connectivity index (χ4v) is 2.49. The maximum Gasteiger partial charge on any atom is 0.226 e. The fourth-order valence-electron chi connectivity index (χ4n) is 2.14. The Hall–Kier alpha value is -2.11. The molecule has 0 aliphatic rings. The quantitative estimate of drug-likeness (QED) is 0.843. The third-order valence-corrected chi connectivity index (χ3v) is 4.13. The normalized spacial score (nSPS) is 10.3. The first-order valence-electron chi connectivity index (χ1n) is 7.16. The van der Waals surface area contributed by atoms with E-state index in [2.05, 4.69) is 5.32 Å². The van der Waals surface area contributed by atoms with Gasteiger partial charge in [0.2, 0.25) is 11.8 Å². The summed E-state index contributed by atoms with van der Waals surface area (Å²) in [5.74, 6) is -1.23. The maximum atomic E-state index is 13.8. The summed E-state index contributed by atoms with van der Waals surface area (Å²) in [7, 11) is 0. The number of hydrogen-bond donors (Lipinski definition) is 1. The number of halogens is 3. The van der Waals surface area contributed by atoms with Crippen LogP contribution in [0.2, 0.25) is 10.0 Å². The molecule has 0 heterocycles. The number of carbonyl (C=O) groups is 2. The van der Waals surface area contributed by atoms with Gasteiger partial charge >= 0.3 is 0 Å². The van der Waals surface area contributed by atoms with Gasteiger partial charge in [0.15, 0.2) is 0 Å². The second kappa shape index (κ2) is 8.13.